The number of nitrogens with zero attached hydrogens (tertiary/aromatic N) is 1. The first-order valence-corrected chi connectivity index (χ1v) is 10.4. The van der Waals surface area contributed by atoms with E-state index in [1.165, 1.54) is 45.6 Å². The smallest absolute Gasteiger partial charge is 0.257 e. The molecule has 0 fully saturated rings. The number of ether oxygens (including phenoxy) is 3. The average molecular weight is 482 g/mol. The van der Waals surface area contributed by atoms with E-state index in [4.69, 9.17) is 30.8 Å². The Kier molecular flexibility index (Phi) is 6.60. The summed E-state index contributed by atoms with van der Waals surface area (Å²) in [6.07, 6.45) is 0. The highest BCUT2D eigenvalue weighted by atomic mass is 32.1. The van der Waals surface area contributed by atoms with Gasteiger partial charge >= 0.3 is 0 Å². The first-order valence-electron chi connectivity index (χ1n) is 10.0. The molecule has 10 heteroatoms. The van der Waals surface area contributed by atoms with Crippen molar-refractivity contribution in [2.24, 2.45) is 0 Å². The lowest BCUT2D eigenvalue weighted by atomic mass is 10.1. The standard InChI is InChI=1S/C24H20FN3O5S/c1-30-19-10-14(11-20(31-2)21(19)32-3)22(29)28-24(34)26-16-7-8-18-17(12-16)27-23(33-18)13-5-4-6-15(25)9-13/h4-12H,1-3H3,(H2,26,28,29,34). The van der Waals surface area contributed by atoms with Crippen molar-refractivity contribution in [2.45, 2.75) is 0 Å². The van der Waals surface area contributed by atoms with Crippen molar-refractivity contribution in [2.75, 3.05) is 26.6 Å². The van der Waals surface area contributed by atoms with Crippen molar-refractivity contribution >= 4 is 40.0 Å². The number of hydrogen-bond acceptors (Lipinski definition) is 7. The summed E-state index contributed by atoms with van der Waals surface area (Å²) in [6.45, 7) is 0. The van der Waals surface area contributed by atoms with Gasteiger partial charge < -0.3 is 23.9 Å². The first kappa shape index (κ1) is 23.0. The lowest BCUT2D eigenvalue weighted by molar-refractivity contribution is 0.0977. The predicted molar refractivity (Wildman–Crippen MR) is 129 cm³/mol. The van der Waals surface area contributed by atoms with Crippen LogP contribution in [0.4, 0.5) is 10.1 Å². The number of amides is 1. The molecule has 1 amide bonds. The molecule has 0 radical (unpaired) electrons. The number of halogens is 1. The number of oxazole rings is 1. The number of methoxy groups -OCH3 is 3. The Labute approximate surface area is 199 Å². The summed E-state index contributed by atoms with van der Waals surface area (Å²) in [5, 5.41) is 5.63. The maximum atomic E-state index is 13.5. The minimum atomic E-state index is -0.465. The normalized spacial score (nSPS) is 10.6. The summed E-state index contributed by atoms with van der Waals surface area (Å²) < 4.78 is 35.1. The molecule has 0 aliphatic heterocycles. The lowest BCUT2D eigenvalue weighted by Gasteiger charge is -2.14. The van der Waals surface area contributed by atoms with Crippen LogP contribution in [-0.2, 0) is 0 Å². The molecule has 1 aromatic heterocycles. The van der Waals surface area contributed by atoms with E-state index in [-0.39, 0.29) is 16.5 Å². The highest BCUT2D eigenvalue weighted by Gasteiger charge is 2.18. The number of fused-ring (bicyclic) bond motifs is 1. The molecule has 2 N–H and O–H groups in total. The number of carbonyl (C=O) groups excluding carboxylic acids is 1. The molecule has 8 nitrogen and oxygen atoms in total. The Bertz CT molecular complexity index is 1360. The summed E-state index contributed by atoms with van der Waals surface area (Å²) in [4.78, 5) is 17.1. The molecule has 0 atom stereocenters. The summed E-state index contributed by atoms with van der Waals surface area (Å²) >= 11 is 5.29. The fourth-order valence-electron chi connectivity index (χ4n) is 3.30. The predicted octanol–water partition coefficient (Wildman–Crippen LogP) is 4.79. The van der Waals surface area contributed by atoms with E-state index in [0.717, 1.165) is 0 Å². The summed E-state index contributed by atoms with van der Waals surface area (Å²) in [5.41, 5.74) is 2.45. The molecule has 0 saturated heterocycles. The van der Waals surface area contributed by atoms with Crippen LogP contribution < -0.4 is 24.8 Å². The van der Waals surface area contributed by atoms with Gasteiger partial charge in [-0.05, 0) is 60.7 Å². The largest absolute Gasteiger partial charge is 0.493 e. The second kappa shape index (κ2) is 9.75. The van der Waals surface area contributed by atoms with Gasteiger partial charge in [-0.2, -0.15) is 0 Å². The molecule has 4 rings (SSSR count). The number of hydrogen-bond donors (Lipinski definition) is 2. The zero-order chi connectivity index (χ0) is 24.2. The van der Waals surface area contributed by atoms with Crippen LogP contribution in [0.15, 0.2) is 59.0 Å². The molecule has 0 saturated carbocycles. The van der Waals surface area contributed by atoms with Crippen molar-refractivity contribution in [1.82, 2.24) is 10.3 Å². The SMILES string of the molecule is COc1cc(C(=O)NC(=S)Nc2ccc3oc(-c4cccc(F)c4)nc3c2)cc(OC)c1OC. The number of anilines is 1. The van der Waals surface area contributed by atoms with Gasteiger partial charge in [0.25, 0.3) is 5.91 Å². The van der Waals surface area contributed by atoms with Crippen LogP contribution in [0, 0.1) is 5.82 Å². The van der Waals surface area contributed by atoms with E-state index in [9.17, 15) is 9.18 Å². The van der Waals surface area contributed by atoms with Crippen LogP contribution in [0.25, 0.3) is 22.6 Å². The third-order valence-corrected chi connectivity index (χ3v) is 5.08. The molecule has 0 spiro atoms. The van der Waals surface area contributed by atoms with Gasteiger partial charge in [0, 0.05) is 16.8 Å². The molecular weight excluding hydrogens is 461 g/mol. The molecular formula is C24H20FN3O5S. The van der Waals surface area contributed by atoms with Crippen molar-refractivity contribution in [3.05, 3.63) is 66.0 Å². The highest BCUT2D eigenvalue weighted by Crippen LogP contribution is 2.38. The van der Waals surface area contributed by atoms with Gasteiger partial charge in [0.2, 0.25) is 11.6 Å². The number of aromatic nitrogens is 1. The van der Waals surface area contributed by atoms with E-state index < -0.39 is 5.91 Å². The van der Waals surface area contributed by atoms with Gasteiger partial charge in [-0.15, -0.1) is 0 Å². The van der Waals surface area contributed by atoms with E-state index in [1.54, 1.807) is 30.3 Å². The Morgan fingerprint density at radius 3 is 2.38 bits per heavy atom. The van der Waals surface area contributed by atoms with Gasteiger partial charge in [-0.3, -0.25) is 10.1 Å². The minimum Gasteiger partial charge on any atom is -0.493 e. The van der Waals surface area contributed by atoms with Crippen molar-refractivity contribution in [3.63, 3.8) is 0 Å². The molecule has 0 aliphatic carbocycles. The van der Waals surface area contributed by atoms with Crippen molar-refractivity contribution in [1.29, 1.82) is 0 Å². The Morgan fingerprint density at radius 2 is 1.74 bits per heavy atom. The van der Waals surface area contributed by atoms with Crippen LogP contribution in [0.5, 0.6) is 17.2 Å². The van der Waals surface area contributed by atoms with Gasteiger partial charge in [0.05, 0.1) is 21.3 Å². The fraction of sp³-hybridized carbons (Fsp3) is 0.125. The van der Waals surface area contributed by atoms with E-state index in [0.29, 0.717) is 45.5 Å². The number of benzene rings is 3. The quantitative estimate of drug-likeness (QED) is 0.380. The molecule has 3 aromatic carbocycles. The lowest BCUT2D eigenvalue weighted by Crippen LogP contribution is -2.34. The van der Waals surface area contributed by atoms with E-state index in [1.807, 2.05) is 0 Å². The van der Waals surface area contributed by atoms with Crippen LogP contribution >= 0.6 is 12.2 Å². The first-order chi connectivity index (χ1) is 16.4. The third kappa shape index (κ3) is 4.76. The van der Waals surface area contributed by atoms with Crippen molar-refractivity contribution in [3.8, 4) is 28.7 Å². The number of carbonyl (C=O) groups is 1. The van der Waals surface area contributed by atoms with Crippen molar-refractivity contribution < 1.29 is 27.8 Å². The Balaban J connectivity index is 1.49. The van der Waals surface area contributed by atoms with Gasteiger partial charge in [-0.25, -0.2) is 9.37 Å². The van der Waals surface area contributed by atoms with Crippen LogP contribution in [0.2, 0.25) is 0 Å². The number of rotatable bonds is 6. The Morgan fingerprint density at radius 1 is 1.00 bits per heavy atom. The maximum Gasteiger partial charge on any atom is 0.257 e. The summed E-state index contributed by atoms with van der Waals surface area (Å²) in [7, 11) is 4.40. The number of thiocarbonyl (C=S) groups is 1. The molecule has 4 aromatic rings. The highest BCUT2D eigenvalue weighted by molar-refractivity contribution is 7.80. The fourth-order valence-corrected chi connectivity index (χ4v) is 3.51. The monoisotopic (exact) mass is 481 g/mol. The Hall–Kier alpha value is -4.18. The zero-order valence-corrected chi connectivity index (χ0v) is 19.3. The van der Waals surface area contributed by atoms with Crippen LogP contribution in [0.1, 0.15) is 10.4 Å². The molecule has 0 aliphatic rings. The second-order valence-corrected chi connectivity index (χ2v) is 7.44. The van der Waals surface area contributed by atoms with E-state index >= 15 is 0 Å². The topological polar surface area (TPSA) is 94.9 Å². The average Bonchev–Trinajstić information content (AvgIpc) is 3.26. The van der Waals surface area contributed by atoms with Crippen LogP contribution in [0.3, 0.4) is 0 Å². The van der Waals surface area contributed by atoms with Crippen LogP contribution in [-0.4, -0.2) is 37.3 Å². The van der Waals surface area contributed by atoms with E-state index in [2.05, 4.69) is 15.6 Å². The van der Waals surface area contributed by atoms with Gasteiger partial charge in [-0.1, -0.05) is 6.07 Å². The molecule has 1 heterocycles. The zero-order valence-electron chi connectivity index (χ0n) is 18.5. The third-order valence-electron chi connectivity index (χ3n) is 4.87. The summed E-state index contributed by atoms with van der Waals surface area (Å²) in [5.74, 6) is 0.515. The molecule has 0 unspecified atom stereocenters. The van der Waals surface area contributed by atoms with Gasteiger partial charge in [0.1, 0.15) is 11.3 Å². The maximum absolute atomic E-state index is 13.5. The van der Waals surface area contributed by atoms with Gasteiger partial charge in [0.15, 0.2) is 22.2 Å². The second-order valence-electron chi connectivity index (χ2n) is 7.03. The molecule has 174 valence electrons. The summed E-state index contributed by atoms with van der Waals surface area (Å²) in [6, 6.07) is 14.2. The molecule has 0 bridgehead atoms. The number of nitrogens with one attached hydrogen (secondary N) is 2. The minimum absolute atomic E-state index is 0.0759. The molecule has 34 heavy (non-hydrogen) atoms.